The van der Waals surface area contributed by atoms with Crippen LogP contribution in [0.2, 0.25) is 0 Å². The summed E-state index contributed by atoms with van der Waals surface area (Å²) in [6, 6.07) is 16.1. The first-order chi connectivity index (χ1) is 13.2. The number of thioether (sulfide) groups is 1. The predicted octanol–water partition coefficient (Wildman–Crippen LogP) is 7.34. The van der Waals surface area contributed by atoms with Gasteiger partial charge in [-0.2, -0.15) is 0 Å². The molecule has 2 aromatic carbocycles. The average molecular weight is 387 g/mol. The van der Waals surface area contributed by atoms with Gasteiger partial charge >= 0.3 is 6.16 Å². The van der Waals surface area contributed by atoms with Crippen molar-refractivity contribution in [1.82, 2.24) is 0 Å². The van der Waals surface area contributed by atoms with Crippen molar-refractivity contribution >= 4 is 17.9 Å². The lowest BCUT2D eigenvalue weighted by Gasteiger charge is -2.07. The number of carbonyl (C=O) groups is 1. The summed E-state index contributed by atoms with van der Waals surface area (Å²) in [5, 5.41) is 0. The van der Waals surface area contributed by atoms with Gasteiger partial charge in [-0.3, -0.25) is 0 Å². The number of benzene rings is 2. The van der Waals surface area contributed by atoms with Gasteiger partial charge in [0, 0.05) is 4.90 Å². The molecule has 0 heterocycles. The highest BCUT2D eigenvalue weighted by Gasteiger charge is 2.06. The molecule has 4 heteroatoms. The molecule has 0 spiro atoms. The number of rotatable bonds is 11. The lowest BCUT2D eigenvalue weighted by atomic mass is 10.1. The number of unbranched alkanes of at least 4 members (excludes halogenated alkanes) is 4. The fraction of sp³-hybridized carbons (Fsp3) is 0.435. The monoisotopic (exact) mass is 386 g/mol. The standard InChI is InChI=1S/C23H30O3S/c1-3-5-7-17-25-23(24)26-21-13-9-19(10-14-21)20-11-15-22(16-12-20)27-18-8-6-4-2/h9-16H,3-8,17-18H2,1-2H3. The maximum absolute atomic E-state index is 11.6. The molecule has 146 valence electrons. The Balaban J connectivity index is 1.82. The maximum atomic E-state index is 11.6. The molecule has 0 radical (unpaired) electrons. The summed E-state index contributed by atoms with van der Waals surface area (Å²) >= 11 is 1.91. The van der Waals surface area contributed by atoms with E-state index in [1.807, 2.05) is 23.9 Å². The first kappa shape index (κ1) is 21.4. The molecule has 0 aliphatic rings. The molecule has 0 saturated heterocycles. The highest BCUT2D eigenvalue weighted by Crippen LogP contribution is 2.26. The van der Waals surface area contributed by atoms with Crippen LogP contribution in [0.15, 0.2) is 53.4 Å². The fourth-order valence-corrected chi connectivity index (χ4v) is 3.55. The van der Waals surface area contributed by atoms with E-state index in [-0.39, 0.29) is 0 Å². The molecule has 0 bridgehead atoms. The summed E-state index contributed by atoms with van der Waals surface area (Å²) in [6.07, 6.45) is 6.21. The Labute approximate surface area is 167 Å². The Morgan fingerprint density at radius 1 is 0.815 bits per heavy atom. The molecule has 0 fully saturated rings. The van der Waals surface area contributed by atoms with Crippen LogP contribution in [0, 0.1) is 0 Å². The summed E-state index contributed by atoms with van der Waals surface area (Å²) in [7, 11) is 0. The van der Waals surface area contributed by atoms with E-state index in [2.05, 4.69) is 38.1 Å². The van der Waals surface area contributed by atoms with Crippen molar-refractivity contribution in [1.29, 1.82) is 0 Å². The van der Waals surface area contributed by atoms with E-state index in [4.69, 9.17) is 9.47 Å². The normalized spacial score (nSPS) is 10.6. The van der Waals surface area contributed by atoms with E-state index in [0.717, 1.165) is 30.4 Å². The minimum absolute atomic E-state index is 0.410. The summed E-state index contributed by atoms with van der Waals surface area (Å²) < 4.78 is 10.3. The Bertz CT molecular complexity index is 665. The third kappa shape index (κ3) is 8.08. The molecule has 27 heavy (non-hydrogen) atoms. The molecule has 3 nitrogen and oxygen atoms in total. The second-order valence-electron chi connectivity index (χ2n) is 6.51. The van der Waals surface area contributed by atoms with Gasteiger partial charge in [0.1, 0.15) is 5.75 Å². The van der Waals surface area contributed by atoms with Crippen molar-refractivity contribution in [2.24, 2.45) is 0 Å². The fourth-order valence-electron chi connectivity index (χ4n) is 2.63. The largest absolute Gasteiger partial charge is 0.513 e. The summed E-state index contributed by atoms with van der Waals surface area (Å²) in [5.41, 5.74) is 2.25. The van der Waals surface area contributed by atoms with Crippen molar-refractivity contribution in [2.75, 3.05) is 12.4 Å². The van der Waals surface area contributed by atoms with E-state index in [0.29, 0.717) is 12.4 Å². The molecule has 0 aliphatic carbocycles. The van der Waals surface area contributed by atoms with Crippen molar-refractivity contribution < 1.29 is 14.3 Å². The zero-order valence-corrected chi connectivity index (χ0v) is 17.2. The minimum Gasteiger partial charge on any atom is -0.434 e. The van der Waals surface area contributed by atoms with Crippen LogP contribution in [0.25, 0.3) is 11.1 Å². The molecular formula is C23H30O3S. The van der Waals surface area contributed by atoms with Gasteiger partial charge in [0.05, 0.1) is 6.61 Å². The highest BCUT2D eigenvalue weighted by molar-refractivity contribution is 7.99. The molecule has 0 aliphatic heterocycles. The van der Waals surface area contributed by atoms with Crippen molar-refractivity contribution in [3.8, 4) is 16.9 Å². The number of hydrogen-bond donors (Lipinski definition) is 0. The van der Waals surface area contributed by atoms with Gasteiger partial charge in [-0.25, -0.2) is 4.79 Å². The molecule has 0 aromatic heterocycles. The number of ether oxygens (including phenoxy) is 2. The van der Waals surface area contributed by atoms with Crippen LogP contribution in [0.3, 0.4) is 0 Å². The topological polar surface area (TPSA) is 35.5 Å². The molecule has 2 aromatic rings. The Morgan fingerprint density at radius 2 is 1.41 bits per heavy atom. The SMILES string of the molecule is CCCCCOC(=O)Oc1ccc(-c2ccc(SCCCCC)cc2)cc1. The van der Waals surface area contributed by atoms with Gasteiger partial charge in [0.25, 0.3) is 0 Å². The van der Waals surface area contributed by atoms with Crippen LogP contribution in [0.5, 0.6) is 5.75 Å². The number of hydrogen-bond acceptors (Lipinski definition) is 4. The van der Waals surface area contributed by atoms with Crippen LogP contribution in [-0.2, 0) is 4.74 Å². The van der Waals surface area contributed by atoms with Gasteiger partial charge in [0.2, 0.25) is 0 Å². The first-order valence-corrected chi connectivity index (χ1v) is 10.9. The van der Waals surface area contributed by atoms with Gasteiger partial charge in [-0.05, 0) is 54.0 Å². The first-order valence-electron chi connectivity index (χ1n) is 9.90. The van der Waals surface area contributed by atoms with Crippen molar-refractivity contribution in [3.05, 3.63) is 48.5 Å². The third-order valence-corrected chi connectivity index (χ3v) is 5.33. The third-order valence-electron chi connectivity index (χ3n) is 4.23. The lowest BCUT2D eigenvalue weighted by Crippen LogP contribution is -2.11. The second-order valence-corrected chi connectivity index (χ2v) is 7.68. The highest BCUT2D eigenvalue weighted by atomic mass is 32.2. The zero-order chi connectivity index (χ0) is 19.3. The van der Waals surface area contributed by atoms with E-state index in [9.17, 15) is 4.79 Å². The Morgan fingerprint density at radius 3 is 2.04 bits per heavy atom. The average Bonchev–Trinajstić information content (AvgIpc) is 2.70. The molecule has 0 atom stereocenters. The zero-order valence-electron chi connectivity index (χ0n) is 16.4. The maximum Gasteiger partial charge on any atom is 0.513 e. The molecule has 0 amide bonds. The molecule has 0 unspecified atom stereocenters. The van der Waals surface area contributed by atoms with Crippen LogP contribution < -0.4 is 4.74 Å². The molecular weight excluding hydrogens is 356 g/mol. The van der Waals surface area contributed by atoms with Gasteiger partial charge in [-0.1, -0.05) is 63.8 Å². The van der Waals surface area contributed by atoms with Crippen molar-refractivity contribution in [3.63, 3.8) is 0 Å². The van der Waals surface area contributed by atoms with Crippen LogP contribution >= 0.6 is 11.8 Å². The van der Waals surface area contributed by atoms with Crippen LogP contribution in [-0.4, -0.2) is 18.5 Å². The van der Waals surface area contributed by atoms with Gasteiger partial charge in [-0.15, -0.1) is 11.8 Å². The van der Waals surface area contributed by atoms with Crippen LogP contribution in [0.1, 0.15) is 52.4 Å². The van der Waals surface area contributed by atoms with Crippen molar-refractivity contribution in [2.45, 2.75) is 57.3 Å². The molecule has 2 rings (SSSR count). The summed E-state index contributed by atoms with van der Waals surface area (Å²) in [5.74, 6) is 1.68. The summed E-state index contributed by atoms with van der Waals surface area (Å²) in [6.45, 7) is 4.75. The number of carbonyl (C=O) groups excluding carboxylic acids is 1. The van der Waals surface area contributed by atoms with Crippen LogP contribution in [0.4, 0.5) is 4.79 Å². The minimum atomic E-state index is -0.636. The molecule has 0 N–H and O–H groups in total. The van der Waals surface area contributed by atoms with E-state index in [1.54, 1.807) is 12.1 Å². The van der Waals surface area contributed by atoms with E-state index >= 15 is 0 Å². The second kappa shape index (κ2) is 12.4. The Hall–Kier alpha value is -1.94. The lowest BCUT2D eigenvalue weighted by molar-refractivity contribution is 0.0974. The quantitative estimate of drug-likeness (QED) is 0.175. The smallest absolute Gasteiger partial charge is 0.434 e. The van der Waals surface area contributed by atoms with E-state index < -0.39 is 6.16 Å². The predicted molar refractivity (Wildman–Crippen MR) is 114 cm³/mol. The van der Waals surface area contributed by atoms with Gasteiger partial charge < -0.3 is 9.47 Å². The Kier molecular flexibility index (Phi) is 9.85. The van der Waals surface area contributed by atoms with E-state index in [1.165, 1.54) is 29.9 Å². The molecule has 0 saturated carbocycles. The summed E-state index contributed by atoms with van der Waals surface area (Å²) in [4.78, 5) is 13.0. The van der Waals surface area contributed by atoms with Gasteiger partial charge in [0.15, 0.2) is 0 Å².